The highest BCUT2D eigenvalue weighted by Crippen LogP contribution is 2.51. The molecule has 0 saturated heterocycles. The third kappa shape index (κ3) is 3.23. The summed E-state index contributed by atoms with van der Waals surface area (Å²) in [4.78, 5) is 0. The molecule has 0 aromatic heterocycles. The Morgan fingerprint density at radius 1 is 0.625 bits per heavy atom. The molecule has 0 amide bonds. The first-order valence-electron chi connectivity index (χ1n) is 6.47. The van der Waals surface area contributed by atoms with Gasteiger partial charge in [-0.05, 0) is 34.6 Å². The van der Waals surface area contributed by atoms with Crippen molar-refractivity contribution in [1.29, 1.82) is 0 Å². The van der Waals surface area contributed by atoms with Crippen LogP contribution in [0.5, 0.6) is 0 Å². The molecule has 98 valence electrons. The molecule has 0 aromatic carbocycles. The van der Waals surface area contributed by atoms with Gasteiger partial charge in [0.1, 0.15) is 0 Å². The summed E-state index contributed by atoms with van der Waals surface area (Å²) in [6.45, 7) is 21.8. The Kier molecular flexibility index (Phi) is 4.32. The van der Waals surface area contributed by atoms with E-state index in [1.165, 1.54) is 6.42 Å². The van der Waals surface area contributed by atoms with E-state index < -0.39 is 0 Å². The lowest BCUT2D eigenvalue weighted by Gasteiger charge is -2.50. The lowest BCUT2D eigenvalue weighted by molar-refractivity contribution is 0.00652. The summed E-state index contributed by atoms with van der Waals surface area (Å²) in [5.41, 5.74) is 7.02. The fourth-order valence-electron chi connectivity index (χ4n) is 1.89. The summed E-state index contributed by atoms with van der Waals surface area (Å²) in [5, 5.41) is 0. The molecule has 16 heavy (non-hydrogen) atoms. The summed E-state index contributed by atoms with van der Waals surface area (Å²) in [6, 6.07) is 0. The van der Waals surface area contributed by atoms with E-state index in [0.717, 1.165) is 6.54 Å². The average Bonchev–Trinajstić information content (AvgIpc) is 1.99. The maximum atomic E-state index is 5.92. The fraction of sp³-hybridized carbons (Fsp3) is 1.00. The number of hydrogen-bond acceptors (Lipinski definition) is 1. The predicted octanol–water partition coefficient (Wildman–Crippen LogP) is 4.46. The monoisotopic (exact) mass is 227 g/mol. The van der Waals surface area contributed by atoms with Crippen LogP contribution in [0.1, 0.15) is 68.7 Å². The van der Waals surface area contributed by atoms with Gasteiger partial charge in [0.15, 0.2) is 0 Å². The first kappa shape index (κ1) is 16.0. The zero-order chi connectivity index (χ0) is 13.4. The van der Waals surface area contributed by atoms with Crippen LogP contribution in [0.4, 0.5) is 0 Å². The second-order valence-corrected chi connectivity index (χ2v) is 8.28. The molecule has 0 spiro atoms. The van der Waals surface area contributed by atoms with Crippen LogP contribution in [-0.4, -0.2) is 6.54 Å². The van der Waals surface area contributed by atoms with Gasteiger partial charge in [0.25, 0.3) is 0 Å². The Morgan fingerprint density at radius 3 is 1.25 bits per heavy atom. The minimum Gasteiger partial charge on any atom is -0.330 e. The largest absolute Gasteiger partial charge is 0.330 e. The van der Waals surface area contributed by atoms with Gasteiger partial charge in [-0.2, -0.15) is 0 Å². The van der Waals surface area contributed by atoms with Crippen LogP contribution in [0.3, 0.4) is 0 Å². The molecular formula is C15H33N. The van der Waals surface area contributed by atoms with Crippen molar-refractivity contribution >= 4 is 0 Å². The molecular weight excluding hydrogens is 194 g/mol. The highest BCUT2D eigenvalue weighted by atomic mass is 14.6. The molecule has 0 aliphatic carbocycles. The van der Waals surface area contributed by atoms with E-state index in [2.05, 4.69) is 62.3 Å². The Morgan fingerprint density at radius 2 is 1.00 bits per heavy atom. The smallest absolute Gasteiger partial charge is 0.00207 e. The van der Waals surface area contributed by atoms with Crippen molar-refractivity contribution < 1.29 is 0 Å². The molecule has 0 radical (unpaired) electrons. The maximum Gasteiger partial charge on any atom is -0.00207 e. The second-order valence-electron chi connectivity index (χ2n) is 8.28. The van der Waals surface area contributed by atoms with Crippen molar-refractivity contribution in [3.63, 3.8) is 0 Å². The standard InChI is InChI=1S/C15H33N/c1-12(2,3)13(4,5)10-14(6,7)15(8,9)11-16/h10-11,16H2,1-9H3. The summed E-state index contributed by atoms with van der Waals surface area (Å²) >= 11 is 0. The molecule has 0 bridgehead atoms. The highest BCUT2D eigenvalue weighted by molar-refractivity contribution is 4.94. The molecule has 0 aromatic rings. The number of rotatable bonds is 4. The topological polar surface area (TPSA) is 26.0 Å². The van der Waals surface area contributed by atoms with Gasteiger partial charge in [0.05, 0.1) is 0 Å². The highest BCUT2D eigenvalue weighted by Gasteiger charge is 2.43. The van der Waals surface area contributed by atoms with Gasteiger partial charge in [-0.15, -0.1) is 0 Å². The zero-order valence-corrected chi connectivity index (χ0v) is 13.0. The zero-order valence-electron chi connectivity index (χ0n) is 13.0. The normalized spacial score (nSPS) is 15.4. The van der Waals surface area contributed by atoms with E-state index in [1.807, 2.05) is 0 Å². The molecule has 0 unspecified atom stereocenters. The molecule has 2 N–H and O–H groups in total. The van der Waals surface area contributed by atoms with Gasteiger partial charge in [0, 0.05) is 0 Å². The third-order valence-electron chi connectivity index (χ3n) is 5.26. The second kappa shape index (κ2) is 4.33. The first-order chi connectivity index (χ1) is 6.77. The maximum absolute atomic E-state index is 5.92. The summed E-state index contributed by atoms with van der Waals surface area (Å²) in [6.07, 6.45) is 1.20. The number of hydrogen-bond donors (Lipinski definition) is 1. The minimum absolute atomic E-state index is 0.190. The molecule has 0 aliphatic rings. The van der Waals surface area contributed by atoms with Crippen LogP contribution < -0.4 is 5.73 Å². The Labute approximate surface area is 103 Å². The van der Waals surface area contributed by atoms with Crippen LogP contribution >= 0.6 is 0 Å². The van der Waals surface area contributed by atoms with Gasteiger partial charge in [-0.3, -0.25) is 0 Å². The van der Waals surface area contributed by atoms with Crippen LogP contribution in [0.15, 0.2) is 0 Å². The third-order valence-corrected chi connectivity index (χ3v) is 5.26. The van der Waals surface area contributed by atoms with E-state index in [9.17, 15) is 0 Å². The average molecular weight is 227 g/mol. The van der Waals surface area contributed by atoms with Crippen LogP contribution in [-0.2, 0) is 0 Å². The van der Waals surface area contributed by atoms with Crippen molar-refractivity contribution in [1.82, 2.24) is 0 Å². The van der Waals surface area contributed by atoms with Gasteiger partial charge >= 0.3 is 0 Å². The minimum atomic E-state index is 0.190. The molecule has 1 heteroatoms. The first-order valence-corrected chi connectivity index (χ1v) is 6.47. The molecule has 0 fully saturated rings. The van der Waals surface area contributed by atoms with Crippen LogP contribution in [0.25, 0.3) is 0 Å². The molecule has 0 rings (SSSR count). The molecule has 0 aliphatic heterocycles. The lowest BCUT2D eigenvalue weighted by atomic mass is 9.56. The van der Waals surface area contributed by atoms with E-state index in [1.54, 1.807) is 0 Å². The molecule has 0 atom stereocenters. The predicted molar refractivity (Wildman–Crippen MR) is 74.5 cm³/mol. The van der Waals surface area contributed by atoms with Crippen molar-refractivity contribution in [3.05, 3.63) is 0 Å². The molecule has 0 heterocycles. The van der Waals surface area contributed by atoms with Crippen molar-refractivity contribution in [2.24, 2.45) is 27.4 Å². The van der Waals surface area contributed by atoms with Crippen LogP contribution in [0, 0.1) is 21.7 Å². The van der Waals surface area contributed by atoms with E-state index in [0.29, 0.717) is 10.8 Å². The van der Waals surface area contributed by atoms with Gasteiger partial charge in [-0.1, -0.05) is 62.3 Å². The summed E-state index contributed by atoms with van der Waals surface area (Å²) in [7, 11) is 0. The molecule has 0 saturated carbocycles. The molecule has 1 nitrogen and oxygen atoms in total. The SMILES string of the molecule is CC(C)(C)C(C)(C)CC(C)(C)C(C)(C)CN. The van der Waals surface area contributed by atoms with Crippen molar-refractivity contribution in [2.45, 2.75) is 68.7 Å². The fourth-order valence-corrected chi connectivity index (χ4v) is 1.89. The van der Waals surface area contributed by atoms with E-state index in [4.69, 9.17) is 5.73 Å². The van der Waals surface area contributed by atoms with E-state index in [-0.39, 0.29) is 10.8 Å². The summed E-state index contributed by atoms with van der Waals surface area (Å²) in [5.74, 6) is 0. The van der Waals surface area contributed by atoms with Crippen molar-refractivity contribution in [2.75, 3.05) is 6.54 Å². The quantitative estimate of drug-likeness (QED) is 0.754. The van der Waals surface area contributed by atoms with Gasteiger partial charge < -0.3 is 5.73 Å². The Balaban J connectivity index is 4.99. The van der Waals surface area contributed by atoms with Crippen molar-refractivity contribution in [3.8, 4) is 0 Å². The summed E-state index contributed by atoms with van der Waals surface area (Å²) < 4.78 is 0. The van der Waals surface area contributed by atoms with Gasteiger partial charge in [0.2, 0.25) is 0 Å². The lowest BCUT2D eigenvalue weighted by Crippen LogP contribution is -2.44. The van der Waals surface area contributed by atoms with E-state index >= 15 is 0 Å². The van der Waals surface area contributed by atoms with Crippen LogP contribution in [0.2, 0.25) is 0 Å². The van der Waals surface area contributed by atoms with Gasteiger partial charge in [-0.25, -0.2) is 0 Å². The number of nitrogens with two attached hydrogens (primary N) is 1. The Hall–Kier alpha value is -0.0400. The Bertz CT molecular complexity index is 228.